The summed E-state index contributed by atoms with van der Waals surface area (Å²) in [5, 5.41) is 0. The second-order valence-electron chi connectivity index (χ2n) is 1.14. The number of allylic oxidation sites excluding steroid dienone is 1. The minimum atomic E-state index is -3.78. The first-order valence-corrected chi connectivity index (χ1v) is 3.51. The Kier molecular flexibility index (Phi) is 12.7. The van der Waals surface area contributed by atoms with Crippen LogP contribution < -0.4 is 6.15 Å². The Labute approximate surface area is 76.4 Å². The van der Waals surface area contributed by atoms with Crippen molar-refractivity contribution in [3.05, 3.63) is 12.7 Å². The van der Waals surface area contributed by atoms with Gasteiger partial charge in [0.1, 0.15) is 0 Å². The maximum absolute atomic E-state index is 9.85. The quantitative estimate of drug-likeness (QED) is 0.300. The van der Waals surface area contributed by atoms with Gasteiger partial charge in [0.05, 0.1) is 6.16 Å². The van der Waals surface area contributed by atoms with Gasteiger partial charge in [-0.05, 0) is 0 Å². The second kappa shape index (κ2) is 6.96. The van der Waals surface area contributed by atoms with Crippen LogP contribution in [0.15, 0.2) is 12.7 Å². The monoisotopic (exact) mass is 163 g/mol. The standard InChI is InChI=1S/C3H7O3P.H3N.Na.H/c1-2-3-7(4,5)6;;;/h2H,1,3H2,(H2,4,5,6);1H3;;. The normalized spacial score (nSPS) is 8.67. The Bertz CT molecular complexity index is 112. The molecule has 0 fully saturated rings. The number of rotatable bonds is 2. The van der Waals surface area contributed by atoms with E-state index >= 15 is 0 Å². The van der Waals surface area contributed by atoms with E-state index in [1.807, 2.05) is 0 Å². The molecule has 0 unspecified atom stereocenters. The molecule has 9 heavy (non-hydrogen) atoms. The fourth-order valence-corrected chi connectivity index (χ4v) is 0.505. The van der Waals surface area contributed by atoms with Crippen LogP contribution in [0.1, 0.15) is 0 Å². The van der Waals surface area contributed by atoms with E-state index in [0.717, 1.165) is 0 Å². The minimum absolute atomic E-state index is 0. The SMILES string of the molecule is C=CCP(=O)(O)O.N.[NaH]. The van der Waals surface area contributed by atoms with Gasteiger partial charge in [0.15, 0.2) is 0 Å². The van der Waals surface area contributed by atoms with Crippen LogP contribution in [-0.2, 0) is 4.57 Å². The van der Waals surface area contributed by atoms with Crippen molar-refractivity contribution in [2.45, 2.75) is 0 Å². The number of hydrogen-bond donors (Lipinski definition) is 3. The zero-order valence-electron chi connectivity index (χ0n) is 4.45. The van der Waals surface area contributed by atoms with Gasteiger partial charge in [-0.2, -0.15) is 0 Å². The van der Waals surface area contributed by atoms with Gasteiger partial charge in [0, 0.05) is 0 Å². The van der Waals surface area contributed by atoms with Crippen LogP contribution in [0.25, 0.3) is 0 Å². The van der Waals surface area contributed by atoms with Crippen molar-refractivity contribution in [3.8, 4) is 0 Å². The first-order chi connectivity index (χ1) is 3.06. The molecule has 0 aromatic heterocycles. The van der Waals surface area contributed by atoms with Crippen LogP contribution in [0.3, 0.4) is 0 Å². The third-order valence-corrected chi connectivity index (χ3v) is 1.10. The number of hydrogen-bond acceptors (Lipinski definition) is 2. The molecule has 0 aliphatic heterocycles. The van der Waals surface area contributed by atoms with Crippen LogP contribution in [0.5, 0.6) is 0 Å². The molecule has 52 valence electrons. The summed E-state index contributed by atoms with van der Waals surface area (Å²) >= 11 is 0. The molecule has 0 heterocycles. The summed E-state index contributed by atoms with van der Waals surface area (Å²) in [6.45, 7) is 3.15. The predicted octanol–water partition coefficient (Wildman–Crippen LogP) is -0.136. The average molecular weight is 163 g/mol. The van der Waals surface area contributed by atoms with E-state index in [1.54, 1.807) is 0 Å². The molecule has 0 rings (SSSR count). The van der Waals surface area contributed by atoms with Gasteiger partial charge < -0.3 is 15.9 Å². The first kappa shape index (κ1) is 16.4. The van der Waals surface area contributed by atoms with E-state index in [-0.39, 0.29) is 41.9 Å². The molecule has 0 aliphatic carbocycles. The van der Waals surface area contributed by atoms with E-state index < -0.39 is 7.60 Å². The van der Waals surface area contributed by atoms with E-state index in [9.17, 15) is 4.57 Å². The summed E-state index contributed by atoms with van der Waals surface area (Å²) < 4.78 is 9.85. The second-order valence-corrected chi connectivity index (χ2v) is 2.83. The molecule has 5 N–H and O–H groups in total. The van der Waals surface area contributed by atoms with Gasteiger partial charge >= 0.3 is 37.2 Å². The van der Waals surface area contributed by atoms with Gasteiger partial charge in [0.2, 0.25) is 0 Å². The van der Waals surface area contributed by atoms with Crippen LogP contribution >= 0.6 is 7.60 Å². The van der Waals surface area contributed by atoms with Gasteiger partial charge in [0.25, 0.3) is 0 Å². The third kappa shape index (κ3) is 17.7. The molecule has 6 heteroatoms. The summed E-state index contributed by atoms with van der Waals surface area (Å²) in [5.74, 6) is 0. The van der Waals surface area contributed by atoms with Gasteiger partial charge in [-0.3, -0.25) is 4.57 Å². The van der Waals surface area contributed by atoms with Crippen molar-refractivity contribution in [2.75, 3.05) is 6.16 Å². The maximum atomic E-state index is 9.85. The van der Waals surface area contributed by atoms with Crippen molar-refractivity contribution in [1.82, 2.24) is 6.15 Å². The van der Waals surface area contributed by atoms with E-state index in [0.29, 0.717) is 0 Å². The van der Waals surface area contributed by atoms with Gasteiger partial charge in [-0.25, -0.2) is 0 Å². The summed E-state index contributed by atoms with van der Waals surface area (Å²) in [7, 11) is -3.78. The van der Waals surface area contributed by atoms with Crippen molar-refractivity contribution in [2.24, 2.45) is 0 Å². The first-order valence-electron chi connectivity index (χ1n) is 1.72. The van der Waals surface area contributed by atoms with E-state index in [2.05, 4.69) is 6.58 Å². The molecule has 0 aromatic carbocycles. The van der Waals surface area contributed by atoms with Crippen LogP contribution in [0.4, 0.5) is 0 Å². The Morgan fingerprint density at radius 1 is 1.56 bits per heavy atom. The zero-order valence-corrected chi connectivity index (χ0v) is 5.34. The summed E-state index contributed by atoms with van der Waals surface area (Å²) in [6.07, 6.45) is 0.966. The molecule has 0 radical (unpaired) electrons. The molecule has 0 aliphatic rings. The molecule has 4 nitrogen and oxygen atoms in total. The molecular formula is C3H11NNaO3P. The Hall–Kier alpha value is 0.850. The Balaban J connectivity index is -0.000000180. The summed E-state index contributed by atoms with van der Waals surface area (Å²) in [5.41, 5.74) is 0. The average Bonchev–Trinajstić information content (AvgIpc) is 1.30. The van der Waals surface area contributed by atoms with Crippen LogP contribution in [-0.4, -0.2) is 45.5 Å². The van der Waals surface area contributed by atoms with E-state index in [4.69, 9.17) is 9.79 Å². The third-order valence-electron chi connectivity index (χ3n) is 0.367. The molecule has 0 saturated heterocycles. The molecule has 0 bridgehead atoms. The fraction of sp³-hybridized carbons (Fsp3) is 0.333. The van der Waals surface area contributed by atoms with Gasteiger partial charge in [-0.15, -0.1) is 6.58 Å². The van der Waals surface area contributed by atoms with Crippen molar-refractivity contribution in [1.29, 1.82) is 0 Å². The molecule has 0 atom stereocenters. The Morgan fingerprint density at radius 2 is 1.89 bits per heavy atom. The fourth-order valence-electron chi connectivity index (χ4n) is 0.168. The van der Waals surface area contributed by atoms with Crippen LogP contribution in [0.2, 0.25) is 0 Å². The van der Waals surface area contributed by atoms with Crippen molar-refractivity contribution >= 4 is 37.2 Å². The predicted molar refractivity (Wildman–Crippen MR) is 39.3 cm³/mol. The van der Waals surface area contributed by atoms with Crippen LogP contribution in [0, 0.1) is 0 Å². The molecular weight excluding hydrogens is 152 g/mol. The zero-order chi connectivity index (χ0) is 5.91. The van der Waals surface area contributed by atoms with Crippen molar-refractivity contribution in [3.63, 3.8) is 0 Å². The summed E-state index contributed by atoms with van der Waals surface area (Å²) in [4.78, 5) is 16.1. The topological polar surface area (TPSA) is 92.5 Å². The molecule has 0 spiro atoms. The molecule has 0 aromatic rings. The van der Waals surface area contributed by atoms with E-state index in [1.165, 1.54) is 6.08 Å². The summed E-state index contributed by atoms with van der Waals surface area (Å²) in [6, 6.07) is 0. The molecule has 0 amide bonds. The Morgan fingerprint density at radius 3 is 1.89 bits per heavy atom. The van der Waals surface area contributed by atoms with Crippen molar-refractivity contribution < 1.29 is 14.4 Å². The van der Waals surface area contributed by atoms with Gasteiger partial charge in [-0.1, -0.05) is 6.08 Å². The molecule has 0 saturated carbocycles.